The lowest BCUT2D eigenvalue weighted by atomic mass is 10.2. The van der Waals surface area contributed by atoms with Crippen LogP contribution in [0, 0.1) is 6.92 Å². The number of benzene rings is 1. The van der Waals surface area contributed by atoms with Gasteiger partial charge in [-0.25, -0.2) is 8.42 Å². The maximum Gasteiger partial charge on any atom is 0.207 e. The topological polar surface area (TPSA) is 34.1 Å². The molecule has 0 atom stereocenters. The highest BCUT2D eigenvalue weighted by atomic mass is 32.2. The van der Waals surface area contributed by atoms with E-state index in [9.17, 15) is 8.42 Å². The summed E-state index contributed by atoms with van der Waals surface area (Å²) in [4.78, 5) is 0.307. The largest absolute Gasteiger partial charge is 0.218 e. The first-order chi connectivity index (χ1) is 6.92. The zero-order chi connectivity index (χ0) is 11.5. The van der Waals surface area contributed by atoms with Crippen molar-refractivity contribution in [2.75, 3.05) is 0 Å². The van der Waals surface area contributed by atoms with Crippen LogP contribution in [0.1, 0.15) is 19.4 Å². The molecule has 15 heavy (non-hydrogen) atoms. The molecular weight excluding hydrogens is 208 g/mol. The Morgan fingerprint density at radius 2 is 1.73 bits per heavy atom. The standard InChI is InChI=1S/C12H14O2S/c1-10(2)8-9-15(13,14)12-6-4-11(3)5-7-12/h4-7,9H,1-3H3. The number of hydrogen-bond acceptors (Lipinski definition) is 2. The minimum Gasteiger partial charge on any atom is -0.218 e. The van der Waals surface area contributed by atoms with Crippen LogP contribution in [-0.2, 0) is 9.84 Å². The molecule has 3 heteroatoms. The van der Waals surface area contributed by atoms with E-state index in [4.69, 9.17) is 0 Å². The lowest BCUT2D eigenvalue weighted by Gasteiger charge is -1.98. The van der Waals surface area contributed by atoms with E-state index < -0.39 is 9.84 Å². The molecule has 0 amide bonds. The Morgan fingerprint density at radius 3 is 2.20 bits per heavy atom. The lowest BCUT2D eigenvalue weighted by Crippen LogP contribution is -1.95. The maximum absolute atomic E-state index is 11.7. The Kier molecular flexibility index (Phi) is 3.51. The fourth-order valence-corrected chi connectivity index (χ4v) is 2.03. The van der Waals surface area contributed by atoms with Crippen LogP contribution >= 0.6 is 0 Å². The third-order valence-corrected chi connectivity index (χ3v) is 3.21. The zero-order valence-electron chi connectivity index (χ0n) is 9.11. The highest BCUT2D eigenvalue weighted by molar-refractivity contribution is 7.94. The Balaban J connectivity index is 3.19. The Morgan fingerprint density at radius 1 is 1.20 bits per heavy atom. The van der Waals surface area contributed by atoms with Gasteiger partial charge in [0, 0.05) is 0 Å². The summed E-state index contributed by atoms with van der Waals surface area (Å²) in [5.41, 5.74) is 4.58. The molecule has 0 N–H and O–H groups in total. The van der Waals surface area contributed by atoms with Crippen molar-refractivity contribution in [1.82, 2.24) is 0 Å². The van der Waals surface area contributed by atoms with Crippen LogP contribution < -0.4 is 0 Å². The van der Waals surface area contributed by atoms with E-state index in [-0.39, 0.29) is 0 Å². The molecule has 0 aliphatic heterocycles. The molecular formula is C12H14O2S. The Hall–Kier alpha value is -1.31. The van der Waals surface area contributed by atoms with Gasteiger partial charge in [-0.15, -0.1) is 5.73 Å². The monoisotopic (exact) mass is 222 g/mol. The van der Waals surface area contributed by atoms with E-state index in [0.717, 1.165) is 16.5 Å². The number of hydrogen-bond donors (Lipinski definition) is 0. The molecule has 1 rings (SSSR count). The smallest absolute Gasteiger partial charge is 0.207 e. The van der Waals surface area contributed by atoms with Gasteiger partial charge < -0.3 is 0 Å². The van der Waals surface area contributed by atoms with Crippen LogP contribution in [0.2, 0.25) is 0 Å². The molecule has 0 heterocycles. The first-order valence-electron chi connectivity index (χ1n) is 4.63. The molecule has 0 fully saturated rings. The van der Waals surface area contributed by atoms with Gasteiger partial charge in [0.15, 0.2) is 0 Å². The molecule has 1 aromatic carbocycles. The predicted octanol–water partition coefficient (Wildman–Crippen LogP) is 2.85. The van der Waals surface area contributed by atoms with E-state index in [1.54, 1.807) is 38.1 Å². The molecule has 0 saturated heterocycles. The van der Waals surface area contributed by atoms with Crippen molar-refractivity contribution in [3.8, 4) is 0 Å². The fourth-order valence-electron chi connectivity index (χ4n) is 0.991. The van der Waals surface area contributed by atoms with Crippen LogP contribution in [-0.4, -0.2) is 8.42 Å². The Labute approximate surface area is 90.9 Å². The average molecular weight is 222 g/mol. The van der Waals surface area contributed by atoms with Gasteiger partial charge in [-0.3, -0.25) is 0 Å². The molecule has 0 spiro atoms. The second kappa shape index (κ2) is 4.47. The third kappa shape index (κ3) is 3.39. The van der Waals surface area contributed by atoms with Gasteiger partial charge in [-0.1, -0.05) is 17.7 Å². The quantitative estimate of drug-likeness (QED) is 0.721. The first kappa shape index (κ1) is 11.8. The van der Waals surface area contributed by atoms with Crippen molar-refractivity contribution >= 4 is 9.84 Å². The second-order valence-electron chi connectivity index (χ2n) is 3.62. The molecule has 0 radical (unpaired) electrons. The van der Waals surface area contributed by atoms with Crippen molar-refractivity contribution in [1.29, 1.82) is 0 Å². The average Bonchev–Trinajstić information content (AvgIpc) is 2.16. The summed E-state index contributed by atoms with van der Waals surface area (Å²) in [6, 6.07) is 6.77. The van der Waals surface area contributed by atoms with Crippen LogP contribution in [0.25, 0.3) is 0 Å². The van der Waals surface area contributed by atoms with Crippen molar-refractivity contribution in [3.05, 3.63) is 46.5 Å². The van der Waals surface area contributed by atoms with E-state index >= 15 is 0 Å². The van der Waals surface area contributed by atoms with E-state index in [1.807, 2.05) is 6.92 Å². The zero-order valence-corrected chi connectivity index (χ0v) is 9.93. The van der Waals surface area contributed by atoms with Gasteiger partial charge in [0.25, 0.3) is 0 Å². The van der Waals surface area contributed by atoms with Gasteiger partial charge in [-0.2, -0.15) is 0 Å². The van der Waals surface area contributed by atoms with E-state index in [2.05, 4.69) is 5.73 Å². The number of sulfone groups is 1. The van der Waals surface area contributed by atoms with Gasteiger partial charge in [0.05, 0.1) is 10.3 Å². The molecule has 1 aromatic rings. The molecule has 0 aliphatic rings. The molecule has 0 saturated carbocycles. The summed E-state index contributed by atoms with van der Waals surface area (Å²) in [5, 5.41) is 1.12. The van der Waals surface area contributed by atoms with Crippen molar-refractivity contribution in [2.24, 2.45) is 0 Å². The summed E-state index contributed by atoms with van der Waals surface area (Å²) < 4.78 is 23.4. The number of aryl methyl sites for hydroxylation is 1. The highest BCUT2D eigenvalue weighted by Crippen LogP contribution is 2.12. The van der Waals surface area contributed by atoms with Crippen LogP contribution in [0.15, 0.2) is 45.9 Å². The highest BCUT2D eigenvalue weighted by Gasteiger charge is 2.08. The summed E-state index contributed by atoms with van der Waals surface area (Å²) in [6.07, 6.45) is 0. The van der Waals surface area contributed by atoms with Gasteiger partial charge in [0.1, 0.15) is 0 Å². The van der Waals surface area contributed by atoms with Crippen LogP contribution in [0.3, 0.4) is 0 Å². The fraction of sp³-hybridized carbons (Fsp3) is 0.250. The minimum absolute atomic E-state index is 0.307. The Bertz CT molecular complexity index is 497. The molecule has 2 nitrogen and oxygen atoms in total. The van der Waals surface area contributed by atoms with Gasteiger partial charge in [0.2, 0.25) is 9.84 Å². The number of allylic oxidation sites excluding steroid dienone is 1. The molecule has 0 bridgehead atoms. The van der Waals surface area contributed by atoms with E-state index in [1.165, 1.54) is 0 Å². The molecule has 0 aliphatic carbocycles. The van der Waals surface area contributed by atoms with Crippen molar-refractivity contribution in [3.63, 3.8) is 0 Å². The predicted molar refractivity (Wildman–Crippen MR) is 61.3 cm³/mol. The maximum atomic E-state index is 11.7. The minimum atomic E-state index is -3.33. The first-order valence-corrected chi connectivity index (χ1v) is 6.18. The van der Waals surface area contributed by atoms with Crippen molar-refractivity contribution in [2.45, 2.75) is 25.7 Å². The summed E-state index contributed by atoms with van der Waals surface area (Å²) >= 11 is 0. The van der Waals surface area contributed by atoms with Gasteiger partial charge >= 0.3 is 0 Å². The number of rotatable bonds is 2. The summed E-state index contributed by atoms with van der Waals surface area (Å²) in [7, 11) is -3.33. The summed E-state index contributed by atoms with van der Waals surface area (Å²) in [5.74, 6) is 0. The lowest BCUT2D eigenvalue weighted by molar-refractivity contribution is 0.604. The molecule has 0 unspecified atom stereocenters. The third-order valence-electron chi connectivity index (χ3n) is 1.85. The van der Waals surface area contributed by atoms with Crippen molar-refractivity contribution < 1.29 is 8.42 Å². The SMILES string of the molecule is CC(C)=C=CS(=O)(=O)c1ccc(C)cc1. The second-order valence-corrected chi connectivity index (χ2v) is 5.42. The van der Waals surface area contributed by atoms with Crippen LogP contribution in [0.5, 0.6) is 0 Å². The molecule has 80 valence electrons. The molecule has 0 aromatic heterocycles. The van der Waals surface area contributed by atoms with Crippen LogP contribution in [0.4, 0.5) is 0 Å². The summed E-state index contributed by atoms with van der Waals surface area (Å²) in [6.45, 7) is 5.53. The normalized spacial score (nSPS) is 10.6. The van der Waals surface area contributed by atoms with E-state index in [0.29, 0.717) is 4.90 Å². The van der Waals surface area contributed by atoms with Gasteiger partial charge in [-0.05, 0) is 38.5 Å².